The molecule has 5 aromatic rings. The molecule has 2 amide bonds. The Morgan fingerprint density at radius 1 is 0.826 bits per heavy atom. The first-order valence-electron chi connectivity index (χ1n) is 15.7. The Kier molecular flexibility index (Phi) is 8.25. The van der Waals surface area contributed by atoms with E-state index >= 15 is 0 Å². The van der Waals surface area contributed by atoms with Gasteiger partial charge in [-0.25, -0.2) is 9.59 Å². The average molecular weight is 614 g/mol. The van der Waals surface area contributed by atoms with Gasteiger partial charge in [-0.15, -0.1) is 0 Å². The first kappa shape index (κ1) is 29.3. The van der Waals surface area contributed by atoms with E-state index in [-0.39, 0.29) is 25.6 Å². The number of aromatic amines is 1. The zero-order valence-corrected chi connectivity index (χ0v) is 25.4. The zero-order chi connectivity index (χ0) is 31.5. The van der Waals surface area contributed by atoms with E-state index in [0.717, 1.165) is 44.3 Å². The van der Waals surface area contributed by atoms with Crippen molar-refractivity contribution in [2.75, 3.05) is 13.2 Å². The minimum absolute atomic E-state index is 0.0776. The highest BCUT2D eigenvalue weighted by molar-refractivity contribution is 5.91. The van der Waals surface area contributed by atoms with Crippen molar-refractivity contribution in [3.8, 4) is 11.1 Å². The Balaban J connectivity index is 1.05. The fourth-order valence-electron chi connectivity index (χ4n) is 6.75. The Bertz CT molecular complexity index is 1840. The number of ether oxygens (including phenoxy) is 2. The summed E-state index contributed by atoms with van der Waals surface area (Å²) in [5.74, 6) is -1.01. The molecule has 1 aliphatic heterocycles. The van der Waals surface area contributed by atoms with Crippen LogP contribution in [0, 0.1) is 0 Å². The number of para-hydroxylation sites is 1. The van der Waals surface area contributed by atoms with Crippen LogP contribution in [0.5, 0.6) is 0 Å². The monoisotopic (exact) mass is 613 g/mol. The number of benzene rings is 4. The number of likely N-dealkylation sites (tertiary alicyclic amines) is 1. The number of hydrogen-bond donors (Lipinski definition) is 2. The summed E-state index contributed by atoms with van der Waals surface area (Å²) in [5.41, 5.74) is 7.23. The molecule has 2 N–H and O–H groups in total. The first-order valence-corrected chi connectivity index (χ1v) is 15.7. The summed E-state index contributed by atoms with van der Waals surface area (Å²) in [5, 5.41) is 3.90. The van der Waals surface area contributed by atoms with Gasteiger partial charge in [0, 0.05) is 36.0 Å². The summed E-state index contributed by atoms with van der Waals surface area (Å²) >= 11 is 0. The molecule has 7 rings (SSSR count). The molecule has 0 unspecified atom stereocenters. The van der Waals surface area contributed by atoms with Crippen LogP contribution in [0.1, 0.15) is 41.0 Å². The van der Waals surface area contributed by atoms with E-state index < -0.39 is 30.1 Å². The molecule has 4 aromatic carbocycles. The van der Waals surface area contributed by atoms with Crippen molar-refractivity contribution in [1.29, 1.82) is 0 Å². The normalized spacial score (nSPS) is 16.1. The molecule has 1 saturated heterocycles. The fourth-order valence-corrected chi connectivity index (χ4v) is 6.75. The molecule has 1 aliphatic carbocycles. The van der Waals surface area contributed by atoms with Crippen molar-refractivity contribution in [3.63, 3.8) is 0 Å². The lowest BCUT2D eigenvalue weighted by Gasteiger charge is -2.26. The van der Waals surface area contributed by atoms with Gasteiger partial charge in [0.1, 0.15) is 25.3 Å². The molecule has 1 fully saturated rings. The van der Waals surface area contributed by atoms with E-state index in [0.29, 0.717) is 19.4 Å². The van der Waals surface area contributed by atoms with Crippen LogP contribution >= 0.6 is 0 Å². The smallest absolute Gasteiger partial charge is 0.410 e. The molecule has 8 nitrogen and oxygen atoms in total. The second-order valence-corrected chi connectivity index (χ2v) is 11.9. The molecular formula is C38H35N3O5. The molecule has 0 bridgehead atoms. The summed E-state index contributed by atoms with van der Waals surface area (Å²) in [6, 6.07) is 31.9. The zero-order valence-electron chi connectivity index (χ0n) is 25.4. The molecule has 0 saturated carbocycles. The maximum Gasteiger partial charge on any atom is 0.410 e. The van der Waals surface area contributed by atoms with Crippen LogP contribution in [-0.4, -0.2) is 53.1 Å². The minimum atomic E-state index is -0.944. The van der Waals surface area contributed by atoms with Crippen LogP contribution in [0.2, 0.25) is 0 Å². The molecule has 8 heteroatoms. The Hall–Kier alpha value is -5.37. The van der Waals surface area contributed by atoms with Crippen LogP contribution in [0.25, 0.3) is 22.0 Å². The van der Waals surface area contributed by atoms with Gasteiger partial charge in [0.05, 0.1) is 0 Å². The van der Waals surface area contributed by atoms with Gasteiger partial charge < -0.3 is 19.8 Å². The predicted octanol–water partition coefficient (Wildman–Crippen LogP) is 6.35. The average Bonchev–Trinajstić information content (AvgIpc) is 3.83. The number of nitrogens with zero attached hydrogens (tertiary/aromatic N) is 1. The standard InChI is InChI=1S/C38H35N3O5/c42-36(40-34(37(43)45-23-25-11-2-1-3-12-25)21-26-22-39-33-18-9-8-13-27(26)33)35-19-10-20-41(35)38(44)46-24-32-30-16-6-4-14-28(30)29-15-5-7-17-31(29)32/h1-9,11-18,22,32,34-35,39H,10,19-21,23-24H2,(H,40,42)/t34-,35-/m0/s1. The number of rotatable bonds is 9. The maximum atomic E-state index is 13.8. The summed E-state index contributed by atoms with van der Waals surface area (Å²) < 4.78 is 11.6. The maximum absolute atomic E-state index is 13.8. The highest BCUT2D eigenvalue weighted by Gasteiger charge is 2.38. The fraction of sp³-hybridized carbons (Fsp3) is 0.237. The molecule has 2 aliphatic rings. The van der Waals surface area contributed by atoms with Crippen molar-refractivity contribution in [1.82, 2.24) is 15.2 Å². The van der Waals surface area contributed by atoms with Crippen LogP contribution in [0.4, 0.5) is 4.79 Å². The molecule has 0 spiro atoms. The molecule has 46 heavy (non-hydrogen) atoms. The van der Waals surface area contributed by atoms with E-state index in [4.69, 9.17) is 9.47 Å². The lowest BCUT2D eigenvalue weighted by atomic mass is 9.98. The number of nitrogens with one attached hydrogen (secondary N) is 2. The quantitative estimate of drug-likeness (QED) is 0.189. The van der Waals surface area contributed by atoms with Crippen molar-refractivity contribution in [2.24, 2.45) is 0 Å². The van der Waals surface area contributed by atoms with Crippen molar-refractivity contribution in [2.45, 2.75) is 43.9 Å². The minimum Gasteiger partial charge on any atom is -0.459 e. The van der Waals surface area contributed by atoms with Crippen LogP contribution in [0.15, 0.2) is 109 Å². The predicted molar refractivity (Wildman–Crippen MR) is 175 cm³/mol. The number of hydrogen-bond acceptors (Lipinski definition) is 5. The first-order chi connectivity index (χ1) is 22.6. The molecule has 2 heterocycles. The third kappa shape index (κ3) is 5.86. The van der Waals surface area contributed by atoms with Gasteiger partial charge >= 0.3 is 12.1 Å². The van der Waals surface area contributed by atoms with E-state index in [2.05, 4.69) is 34.6 Å². The van der Waals surface area contributed by atoms with E-state index in [9.17, 15) is 14.4 Å². The lowest BCUT2D eigenvalue weighted by Crippen LogP contribution is -2.52. The van der Waals surface area contributed by atoms with Gasteiger partial charge in [-0.2, -0.15) is 0 Å². The molecule has 232 valence electrons. The number of fused-ring (bicyclic) bond motifs is 4. The topological polar surface area (TPSA) is 101 Å². The third-order valence-electron chi connectivity index (χ3n) is 9.05. The van der Waals surface area contributed by atoms with Crippen LogP contribution < -0.4 is 5.32 Å². The van der Waals surface area contributed by atoms with Gasteiger partial charge in [0.15, 0.2) is 0 Å². The van der Waals surface area contributed by atoms with Gasteiger partial charge in [-0.3, -0.25) is 9.69 Å². The molecule has 0 radical (unpaired) electrons. The SMILES string of the molecule is O=C(OCc1ccccc1)[C@H](Cc1c[nH]c2ccccc12)NC(=O)[C@@H]1CCCN1C(=O)OCC1c2ccccc2-c2ccccc21. The Labute approximate surface area is 267 Å². The van der Waals surface area contributed by atoms with Gasteiger partial charge in [-0.1, -0.05) is 97.1 Å². The van der Waals surface area contributed by atoms with Crippen molar-refractivity contribution >= 4 is 28.9 Å². The largest absolute Gasteiger partial charge is 0.459 e. The number of carbonyl (C=O) groups excluding carboxylic acids is 3. The summed E-state index contributed by atoms with van der Waals surface area (Å²) in [6.45, 7) is 0.669. The number of H-pyrrole nitrogens is 1. The van der Waals surface area contributed by atoms with E-state index in [1.54, 1.807) is 0 Å². The summed E-state index contributed by atoms with van der Waals surface area (Å²) in [6.07, 6.45) is 2.70. The van der Waals surface area contributed by atoms with Crippen LogP contribution in [-0.2, 0) is 32.1 Å². The summed E-state index contributed by atoms with van der Waals surface area (Å²) in [4.78, 5) is 45.4. The second-order valence-electron chi connectivity index (χ2n) is 11.9. The molecular weight excluding hydrogens is 578 g/mol. The van der Waals surface area contributed by atoms with Gasteiger partial charge in [0.25, 0.3) is 0 Å². The Morgan fingerprint density at radius 3 is 2.26 bits per heavy atom. The molecule has 1 aromatic heterocycles. The van der Waals surface area contributed by atoms with E-state index in [1.807, 2.05) is 85.1 Å². The molecule has 2 atom stereocenters. The third-order valence-corrected chi connectivity index (χ3v) is 9.05. The highest BCUT2D eigenvalue weighted by atomic mass is 16.6. The number of amides is 2. The summed E-state index contributed by atoms with van der Waals surface area (Å²) in [7, 11) is 0. The van der Waals surface area contributed by atoms with Crippen LogP contribution in [0.3, 0.4) is 0 Å². The lowest BCUT2D eigenvalue weighted by molar-refractivity contribution is -0.149. The second kappa shape index (κ2) is 12.9. The van der Waals surface area contributed by atoms with E-state index in [1.165, 1.54) is 4.90 Å². The number of carbonyl (C=O) groups is 3. The van der Waals surface area contributed by atoms with Gasteiger partial charge in [-0.05, 0) is 52.3 Å². The van der Waals surface area contributed by atoms with Gasteiger partial charge in [0.2, 0.25) is 5.91 Å². The highest BCUT2D eigenvalue weighted by Crippen LogP contribution is 2.44. The van der Waals surface area contributed by atoms with Crippen molar-refractivity contribution < 1.29 is 23.9 Å². The number of esters is 1. The van der Waals surface area contributed by atoms with Crippen molar-refractivity contribution in [3.05, 3.63) is 132 Å². The number of aromatic nitrogens is 1. The Morgan fingerprint density at radius 2 is 1.50 bits per heavy atom.